The van der Waals surface area contributed by atoms with E-state index in [-0.39, 0.29) is 0 Å². The van der Waals surface area contributed by atoms with Gasteiger partial charge >= 0.3 is 104 Å². The van der Waals surface area contributed by atoms with E-state index in [0.29, 0.717) is 0 Å². The molecule has 0 amide bonds. The molecule has 2 heteroatoms. The van der Waals surface area contributed by atoms with Gasteiger partial charge in [0.2, 0.25) is 0 Å². The molecule has 0 radical (unpaired) electrons. The van der Waals surface area contributed by atoms with Crippen LogP contribution in [0, 0.1) is 0 Å². The molecule has 0 bridgehead atoms. The molecule has 19 heavy (non-hydrogen) atoms. The van der Waals surface area contributed by atoms with Gasteiger partial charge in [-0.15, -0.1) is 0 Å². The maximum atomic E-state index is 11.6. The number of hydrogen-bond acceptors (Lipinski definition) is 1. The Labute approximate surface area is 124 Å². The summed E-state index contributed by atoms with van der Waals surface area (Å²) in [5.74, 6) is 0. The summed E-state index contributed by atoms with van der Waals surface area (Å²) in [5, 5.41) is 1.01. The van der Waals surface area contributed by atoms with Gasteiger partial charge in [0.25, 0.3) is 0 Å². The molecule has 0 spiro atoms. The summed E-state index contributed by atoms with van der Waals surface area (Å²) < 4.78 is 11.6. The molecule has 0 saturated heterocycles. The molecule has 116 valence electrons. The topological polar surface area (TPSA) is 17.1 Å². The predicted molar refractivity (Wildman–Crippen MR) is 88.7 cm³/mol. The van der Waals surface area contributed by atoms with Crippen LogP contribution < -0.4 is 0 Å². The number of rotatable bonds is 14. The molecule has 0 atom stereocenters. The third-order valence-corrected chi connectivity index (χ3v) is 6.72. The van der Waals surface area contributed by atoms with Crippen molar-refractivity contribution in [2.45, 2.75) is 107 Å². The van der Waals surface area contributed by atoms with E-state index >= 15 is 0 Å². The van der Waals surface area contributed by atoms with Gasteiger partial charge in [0.15, 0.2) is 0 Å². The minimum absolute atomic E-state index is 1.01. The summed E-state index contributed by atoms with van der Waals surface area (Å²) >= 11 is -2.32. The van der Waals surface area contributed by atoms with Crippen molar-refractivity contribution in [3.63, 3.8) is 0 Å². The van der Waals surface area contributed by atoms with Crippen molar-refractivity contribution in [1.29, 1.82) is 0 Å². The van der Waals surface area contributed by atoms with Gasteiger partial charge in [-0.3, -0.25) is 0 Å². The first-order valence-electron chi connectivity index (χ1n) is 8.60. The third kappa shape index (κ3) is 18.4. The molecule has 0 aromatic rings. The van der Waals surface area contributed by atoms with Crippen molar-refractivity contribution in [1.82, 2.24) is 0 Å². The van der Waals surface area contributed by atoms with Crippen LogP contribution in [0.4, 0.5) is 0 Å². The predicted octanol–water partition coefficient (Wildman–Crippen LogP) is 6.71. The fraction of sp³-hybridized carbons (Fsp3) is 1.00. The maximum absolute atomic E-state index is 11.6. The molecule has 0 N–H and O–H groups in total. The van der Waals surface area contributed by atoms with Crippen LogP contribution in [0.3, 0.4) is 0 Å². The van der Waals surface area contributed by atoms with Crippen LogP contribution in [0.5, 0.6) is 0 Å². The Morgan fingerprint density at radius 3 is 1.21 bits per heavy atom. The molecule has 1 nitrogen and oxygen atoms in total. The fourth-order valence-corrected chi connectivity index (χ4v) is 4.58. The van der Waals surface area contributed by atoms with Gasteiger partial charge in [0.1, 0.15) is 0 Å². The average molecular weight is 332 g/mol. The third-order valence-electron chi connectivity index (χ3n) is 3.80. The van der Waals surface area contributed by atoms with Gasteiger partial charge in [-0.25, -0.2) is 0 Å². The summed E-state index contributed by atoms with van der Waals surface area (Å²) in [5.41, 5.74) is 3.94. The second-order valence-corrected chi connectivity index (χ2v) is 14.1. The van der Waals surface area contributed by atoms with Crippen LogP contribution in [-0.2, 0) is 3.74 Å². The van der Waals surface area contributed by atoms with E-state index in [0.717, 1.165) is 5.21 Å². The minimum atomic E-state index is -2.32. The molecule has 0 heterocycles. The van der Waals surface area contributed by atoms with E-state index in [4.69, 9.17) is 0 Å². The van der Waals surface area contributed by atoms with Crippen molar-refractivity contribution in [2.24, 2.45) is 0 Å². The second-order valence-electron chi connectivity index (χ2n) is 6.54. The Kier molecular flexibility index (Phi) is 13.6. The molecule has 0 aliphatic heterocycles. The molecule has 0 rings (SSSR count). The standard InChI is InChI=1S/C17H37AsO/c1-4-5-6-7-8-9-10-11-12-13-14-15-16-17-18(2,3)19/h4-17H2,1-3H3. The first kappa shape index (κ1) is 19.4. The molecule has 0 unspecified atom stereocenters. The average Bonchev–Trinajstić information content (AvgIpc) is 2.34. The Morgan fingerprint density at radius 2 is 0.895 bits per heavy atom. The summed E-state index contributed by atoms with van der Waals surface area (Å²) in [6, 6.07) is 0. The Morgan fingerprint density at radius 1 is 0.579 bits per heavy atom. The summed E-state index contributed by atoms with van der Waals surface area (Å²) in [6.45, 7) is 2.28. The van der Waals surface area contributed by atoms with Crippen molar-refractivity contribution in [2.75, 3.05) is 0 Å². The first-order chi connectivity index (χ1) is 9.06. The van der Waals surface area contributed by atoms with E-state index in [1.807, 2.05) is 11.4 Å². The Hall–Kier alpha value is 0.358. The van der Waals surface area contributed by atoms with Crippen molar-refractivity contribution < 1.29 is 3.74 Å². The zero-order valence-corrected chi connectivity index (χ0v) is 15.6. The van der Waals surface area contributed by atoms with E-state index in [1.165, 1.54) is 83.5 Å². The number of unbranched alkanes of at least 4 members (excludes halogenated alkanes) is 12. The van der Waals surface area contributed by atoms with Gasteiger partial charge in [0.05, 0.1) is 0 Å². The molecule has 0 aromatic heterocycles. The van der Waals surface area contributed by atoms with Crippen LogP contribution in [0.1, 0.15) is 90.4 Å². The van der Waals surface area contributed by atoms with Crippen molar-refractivity contribution in [3.8, 4) is 0 Å². The van der Waals surface area contributed by atoms with Crippen LogP contribution in [-0.4, -0.2) is 13.5 Å². The Balaban J connectivity index is 3.01. The fourth-order valence-electron chi connectivity index (χ4n) is 2.51. The SMILES string of the molecule is CCCCCCCCCCCCCCC[As](C)(C)=O. The van der Waals surface area contributed by atoms with Crippen molar-refractivity contribution in [3.05, 3.63) is 0 Å². The van der Waals surface area contributed by atoms with E-state index < -0.39 is 13.5 Å². The molecular weight excluding hydrogens is 295 g/mol. The zero-order chi connectivity index (χ0) is 14.4. The molecule has 0 aliphatic rings. The molecule has 0 aliphatic carbocycles. The Bertz CT molecular complexity index is 219. The van der Waals surface area contributed by atoms with Crippen molar-refractivity contribution >= 4 is 13.5 Å². The van der Waals surface area contributed by atoms with Crippen LogP contribution in [0.2, 0.25) is 16.6 Å². The second kappa shape index (κ2) is 13.3. The van der Waals surface area contributed by atoms with E-state index in [2.05, 4.69) is 6.92 Å². The van der Waals surface area contributed by atoms with Gasteiger partial charge < -0.3 is 0 Å². The van der Waals surface area contributed by atoms with Gasteiger partial charge in [-0.1, -0.05) is 19.8 Å². The van der Waals surface area contributed by atoms with E-state index in [1.54, 1.807) is 0 Å². The summed E-state index contributed by atoms with van der Waals surface area (Å²) in [4.78, 5) is 0. The molecule has 0 saturated carbocycles. The van der Waals surface area contributed by atoms with Crippen LogP contribution in [0.15, 0.2) is 0 Å². The number of hydrogen-bond donors (Lipinski definition) is 0. The summed E-state index contributed by atoms with van der Waals surface area (Å²) in [7, 11) is 0. The quantitative estimate of drug-likeness (QED) is 0.255. The van der Waals surface area contributed by atoms with E-state index in [9.17, 15) is 3.74 Å². The van der Waals surface area contributed by atoms with Gasteiger partial charge in [-0.2, -0.15) is 0 Å². The van der Waals surface area contributed by atoms with Gasteiger partial charge in [0, 0.05) is 0 Å². The molecular formula is C17H37AsO. The normalized spacial score (nSPS) is 11.9. The van der Waals surface area contributed by atoms with Gasteiger partial charge in [-0.05, 0) is 0 Å². The molecule has 0 aromatic carbocycles. The molecule has 0 fully saturated rings. The monoisotopic (exact) mass is 332 g/mol. The first-order valence-corrected chi connectivity index (χ1v) is 14.4. The van der Waals surface area contributed by atoms with Crippen LogP contribution in [0.25, 0.3) is 0 Å². The zero-order valence-electron chi connectivity index (χ0n) is 13.8. The van der Waals surface area contributed by atoms with Crippen LogP contribution >= 0.6 is 0 Å². The summed E-state index contributed by atoms with van der Waals surface area (Å²) in [6.07, 6.45) is 18.1.